The Bertz CT molecular complexity index is 1230. The first-order valence-electron chi connectivity index (χ1n) is 10.4. The molecule has 0 amide bonds. The second kappa shape index (κ2) is 9.09. The molecule has 0 unspecified atom stereocenters. The van der Waals surface area contributed by atoms with Crippen molar-refractivity contribution >= 4 is 27.1 Å². The molecule has 1 aliphatic rings. The van der Waals surface area contributed by atoms with E-state index >= 15 is 0 Å². The summed E-state index contributed by atoms with van der Waals surface area (Å²) in [5.41, 5.74) is 2.40. The Hall–Kier alpha value is -2.62. The topological polar surface area (TPSA) is 77.8 Å². The van der Waals surface area contributed by atoms with Crippen molar-refractivity contribution < 1.29 is 22.7 Å². The third-order valence-corrected chi connectivity index (χ3v) is 8.36. The first kappa shape index (κ1) is 22.6. The molecular formula is C23H26N2O5S2. The summed E-state index contributed by atoms with van der Waals surface area (Å²) in [6, 6.07) is 10.5. The van der Waals surface area contributed by atoms with E-state index in [9.17, 15) is 13.2 Å². The molecule has 2 aromatic heterocycles. The number of nitrogens with zero attached hydrogens (tertiary/aromatic N) is 2. The van der Waals surface area contributed by atoms with Crippen LogP contribution in [0.25, 0.3) is 0 Å². The molecule has 0 spiro atoms. The lowest BCUT2D eigenvalue weighted by Crippen LogP contribution is -2.32. The number of ether oxygens (including phenoxy) is 2. The maximum atomic E-state index is 13.0. The van der Waals surface area contributed by atoms with Crippen LogP contribution in [0.15, 0.2) is 46.7 Å². The highest BCUT2D eigenvalue weighted by Crippen LogP contribution is 2.33. The number of carbonyl (C=O) groups excluding carboxylic acids is 1. The lowest BCUT2D eigenvalue weighted by Gasteiger charge is -2.21. The summed E-state index contributed by atoms with van der Waals surface area (Å²) in [4.78, 5) is 14.4. The molecule has 0 atom stereocenters. The summed E-state index contributed by atoms with van der Waals surface area (Å²) in [6.07, 6.45) is 0.889. The fourth-order valence-electron chi connectivity index (χ4n) is 3.84. The van der Waals surface area contributed by atoms with Crippen LogP contribution in [-0.4, -0.2) is 49.9 Å². The molecule has 7 nitrogen and oxygen atoms in total. The number of ketones is 1. The molecule has 32 heavy (non-hydrogen) atoms. The van der Waals surface area contributed by atoms with Crippen molar-refractivity contribution in [1.29, 1.82) is 0 Å². The van der Waals surface area contributed by atoms with Crippen LogP contribution in [0.5, 0.6) is 11.5 Å². The molecule has 0 fully saturated rings. The Morgan fingerprint density at radius 2 is 1.88 bits per heavy atom. The molecule has 170 valence electrons. The minimum absolute atomic E-state index is 0.0680. The lowest BCUT2D eigenvalue weighted by atomic mass is 10.1. The normalized spacial score (nSPS) is 13.5. The van der Waals surface area contributed by atoms with Crippen LogP contribution in [0.2, 0.25) is 0 Å². The van der Waals surface area contributed by atoms with E-state index in [1.54, 1.807) is 17.4 Å². The molecule has 4 rings (SSSR count). The molecule has 3 heterocycles. The average molecular weight is 475 g/mol. The van der Waals surface area contributed by atoms with E-state index < -0.39 is 10.0 Å². The minimum atomic E-state index is -3.86. The highest BCUT2D eigenvalue weighted by atomic mass is 32.2. The predicted octanol–water partition coefficient (Wildman–Crippen LogP) is 3.68. The van der Waals surface area contributed by atoms with Gasteiger partial charge in [-0.15, -0.1) is 11.3 Å². The molecule has 0 aliphatic carbocycles. The molecule has 3 aromatic rings. The average Bonchev–Trinajstić information content (AvgIpc) is 3.39. The van der Waals surface area contributed by atoms with Crippen LogP contribution in [0.1, 0.15) is 26.6 Å². The van der Waals surface area contributed by atoms with Crippen LogP contribution in [0.4, 0.5) is 0 Å². The Morgan fingerprint density at radius 3 is 2.59 bits per heavy atom. The Morgan fingerprint density at radius 1 is 1.12 bits per heavy atom. The van der Waals surface area contributed by atoms with Gasteiger partial charge in [0.15, 0.2) is 17.3 Å². The second-order valence-electron chi connectivity index (χ2n) is 7.76. The van der Waals surface area contributed by atoms with E-state index in [4.69, 9.17) is 9.47 Å². The number of Topliss-reactive ketones (excluding diaryl/α,β-unsaturated/α-hetero) is 1. The summed E-state index contributed by atoms with van der Waals surface area (Å²) >= 11 is 1.71. The summed E-state index contributed by atoms with van der Waals surface area (Å²) in [7, 11) is -2.44. The van der Waals surface area contributed by atoms with Crippen LogP contribution >= 0.6 is 11.3 Å². The van der Waals surface area contributed by atoms with E-state index in [-0.39, 0.29) is 17.2 Å². The van der Waals surface area contributed by atoms with E-state index in [1.807, 2.05) is 26.0 Å². The molecule has 1 aliphatic heterocycles. The van der Waals surface area contributed by atoms with Crippen molar-refractivity contribution in [3.63, 3.8) is 0 Å². The van der Waals surface area contributed by atoms with Crippen molar-refractivity contribution in [2.45, 2.75) is 31.7 Å². The van der Waals surface area contributed by atoms with Gasteiger partial charge in [-0.05, 0) is 49.9 Å². The highest BCUT2D eigenvalue weighted by molar-refractivity contribution is 7.89. The molecule has 0 radical (unpaired) electrons. The van der Waals surface area contributed by atoms with E-state index in [1.165, 1.54) is 24.1 Å². The zero-order valence-corrected chi connectivity index (χ0v) is 20.0. The largest absolute Gasteiger partial charge is 0.486 e. The van der Waals surface area contributed by atoms with Crippen molar-refractivity contribution in [1.82, 2.24) is 8.87 Å². The van der Waals surface area contributed by atoms with Gasteiger partial charge in [-0.2, -0.15) is 4.31 Å². The zero-order valence-electron chi connectivity index (χ0n) is 18.3. The van der Waals surface area contributed by atoms with Gasteiger partial charge < -0.3 is 14.0 Å². The highest BCUT2D eigenvalue weighted by Gasteiger charge is 2.27. The molecule has 1 aromatic carbocycles. The number of sulfonamides is 1. The van der Waals surface area contributed by atoms with Crippen molar-refractivity contribution in [2.24, 2.45) is 0 Å². The first-order valence-corrected chi connectivity index (χ1v) is 12.7. The molecule has 0 bridgehead atoms. The SMILES string of the molecule is Cc1cc(C(=O)CN(C)S(=O)(=O)c2ccc3c(c2)OCCO3)c(C)n1CCc1cccs1. The molecule has 0 saturated carbocycles. The van der Waals surface area contributed by atoms with Gasteiger partial charge in [0, 0.05) is 41.5 Å². The van der Waals surface area contributed by atoms with Gasteiger partial charge in [-0.1, -0.05) is 6.07 Å². The van der Waals surface area contributed by atoms with Gasteiger partial charge in [0.05, 0.1) is 11.4 Å². The lowest BCUT2D eigenvalue weighted by molar-refractivity contribution is 0.0972. The number of rotatable bonds is 8. The van der Waals surface area contributed by atoms with Gasteiger partial charge in [0.1, 0.15) is 13.2 Å². The molecule has 0 saturated heterocycles. The minimum Gasteiger partial charge on any atom is -0.486 e. The fraction of sp³-hybridized carbons (Fsp3) is 0.348. The molecule has 0 N–H and O–H groups in total. The Balaban J connectivity index is 1.49. The smallest absolute Gasteiger partial charge is 0.243 e. The Labute approximate surface area is 192 Å². The third-order valence-electron chi connectivity index (χ3n) is 5.62. The quantitative estimate of drug-likeness (QED) is 0.466. The summed E-state index contributed by atoms with van der Waals surface area (Å²) in [5, 5.41) is 2.05. The Kier molecular flexibility index (Phi) is 6.41. The zero-order chi connectivity index (χ0) is 22.9. The number of aryl methyl sites for hydroxylation is 2. The summed E-state index contributed by atoms with van der Waals surface area (Å²) in [5.74, 6) is 0.680. The van der Waals surface area contributed by atoms with E-state index in [0.717, 1.165) is 28.7 Å². The van der Waals surface area contributed by atoms with Gasteiger partial charge in [0.2, 0.25) is 10.0 Å². The number of fused-ring (bicyclic) bond motifs is 1. The van der Waals surface area contributed by atoms with Crippen molar-refractivity contribution in [2.75, 3.05) is 26.8 Å². The first-order chi connectivity index (χ1) is 15.3. The van der Waals surface area contributed by atoms with Crippen LogP contribution < -0.4 is 9.47 Å². The van der Waals surface area contributed by atoms with E-state index in [2.05, 4.69) is 16.0 Å². The number of aromatic nitrogens is 1. The second-order valence-corrected chi connectivity index (χ2v) is 10.8. The van der Waals surface area contributed by atoms with Gasteiger partial charge in [-0.25, -0.2) is 8.42 Å². The van der Waals surface area contributed by atoms with Gasteiger partial charge in [-0.3, -0.25) is 4.79 Å². The number of likely N-dealkylation sites (N-methyl/N-ethyl adjacent to an activating group) is 1. The number of carbonyl (C=O) groups is 1. The number of hydrogen-bond acceptors (Lipinski definition) is 6. The predicted molar refractivity (Wildman–Crippen MR) is 124 cm³/mol. The van der Waals surface area contributed by atoms with Gasteiger partial charge in [0.25, 0.3) is 0 Å². The van der Waals surface area contributed by atoms with Crippen molar-refractivity contribution in [3.05, 3.63) is 63.6 Å². The van der Waals surface area contributed by atoms with Gasteiger partial charge >= 0.3 is 0 Å². The number of thiophene rings is 1. The van der Waals surface area contributed by atoms with E-state index in [0.29, 0.717) is 30.3 Å². The molecular weight excluding hydrogens is 448 g/mol. The fourth-order valence-corrected chi connectivity index (χ4v) is 5.68. The standard InChI is InChI=1S/C23H26N2O5S2/c1-16-13-20(17(2)25(16)9-8-18-5-4-12-31-18)21(26)15-24(3)32(27,28)19-6-7-22-23(14-19)30-11-10-29-22/h4-7,12-14H,8-11,15H2,1-3H3. The summed E-state index contributed by atoms with van der Waals surface area (Å²) in [6.45, 7) is 5.20. The maximum Gasteiger partial charge on any atom is 0.243 e. The monoisotopic (exact) mass is 474 g/mol. The third kappa shape index (κ3) is 4.46. The van der Waals surface area contributed by atoms with Crippen LogP contribution in [0, 0.1) is 13.8 Å². The van der Waals surface area contributed by atoms with Crippen LogP contribution in [-0.2, 0) is 23.0 Å². The molecule has 9 heteroatoms. The number of hydrogen-bond donors (Lipinski definition) is 0. The van der Waals surface area contributed by atoms with Crippen molar-refractivity contribution in [3.8, 4) is 11.5 Å². The maximum absolute atomic E-state index is 13.0. The van der Waals surface area contributed by atoms with Crippen LogP contribution in [0.3, 0.4) is 0 Å². The number of benzene rings is 1. The summed E-state index contributed by atoms with van der Waals surface area (Å²) < 4.78 is 40.2.